The molecule has 0 unspecified atom stereocenters. The summed E-state index contributed by atoms with van der Waals surface area (Å²) in [6.45, 7) is 3.17. The van der Waals surface area contributed by atoms with E-state index in [9.17, 15) is 9.59 Å². The van der Waals surface area contributed by atoms with Crippen LogP contribution in [-0.4, -0.2) is 38.1 Å². The zero-order chi connectivity index (χ0) is 20.5. The van der Waals surface area contributed by atoms with Crippen LogP contribution in [0.15, 0.2) is 57.7 Å². The van der Waals surface area contributed by atoms with Crippen LogP contribution in [-0.2, 0) is 0 Å². The smallest absolute Gasteiger partial charge is 0.349 e. The van der Waals surface area contributed by atoms with E-state index in [0.29, 0.717) is 22.6 Å². The van der Waals surface area contributed by atoms with Crippen LogP contribution >= 0.6 is 11.3 Å². The number of quaternary nitrogens is 1. The van der Waals surface area contributed by atoms with Crippen LogP contribution in [0, 0.1) is 6.92 Å². The van der Waals surface area contributed by atoms with Gasteiger partial charge in [0.1, 0.15) is 11.1 Å². The molecule has 2 aromatic carbocycles. The first-order chi connectivity index (χ1) is 13.9. The van der Waals surface area contributed by atoms with Gasteiger partial charge in [-0.15, -0.1) is 0 Å². The quantitative estimate of drug-likeness (QED) is 0.515. The fraction of sp³-hybridized carbons (Fsp3) is 0.227. The fourth-order valence-corrected chi connectivity index (χ4v) is 4.23. The molecule has 4 rings (SSSR count). The highest BCUT2D eigenvalue weighted by Gasteiger charge is 2.25. The number of aryl methyl sites for hydroxylation is 1. The van der Waals surface area contributed by atoms with Crippen molar-refractivity contribution in [2.75, 3.05) is 32.1 Å². The molecule has 4 aromatic rings. The van der Waals surface area contributed by atoms with E-state index in [-0.39, 0.29) is 11.5 Å². The number of rotatable bonds is 5. The number of anilines is 1. The summed E-state index contributed by atoms with van der Waals surface area (Å²) in [5, 5.41) is 1.31. The summed E-state index contributed by atoms with van der Waals surface area (Å²) >= 11 is 1.46. The molecular formula is C22H22N3O3S+. The van der Waals surface area contributed by atoms with Gasteiger partial charge in [0, 0.05) is 5.39 Å². The first-order valence-corrected chi connectivity index (χ1v) is 10.3. The van der Waals surface area contributed by atoms with Gasteiger partial charge in [0.2, 0.25) is 0 Å². The molecular weight excluding hydrogens is 386 g/mol. The molecule has 0 fully saturated rings. The minimum Gasteiger partial charge on any atom is -0.422 e. The van der Waals surface area contributed by atoms with Gasteiger partial charge in [-0.25, -0.2) is 9.78 Å². The first-order valence-electron chi connectivity index (χ1n) is 9.44. The molecule has 2 aromatic heterocycles. The number of likely N-dealkylation sites (N-methyl/N-ethyl adjacent to an activating group) is 1. The summed E-state index contributed by atoms with van der Waals surface area (Å²) < 4.78 is 6.39. The van der Waals surface area contributed by atoms with E-state index in [1.165, 1.54) is 16.2 Å². The molecule has 0 bridgehead atoms. The Morgan fingerprint density at radius 1 is 1.17 bits per heavy atom. The first kappa shape index (κ1) is 19.3. The molecule has 0 saturated carbocycles. The van der Waals surface area contributed by atoms with Crippen molar-refractivity contribution in [2.24, 2.45) is 0 Å². The van der Waals surface area contributed by atoms with Crippen molar-refractivity contribution < 1.29 is 14.1 Å². The Bertz CT molecular complexity index is 1260. The number of hydrogen-bond donors (Lipinski definition) is 1. The average Bonchev–Trinajstić information content (AvgIpc) is 3.12. The highest BCUT2D eigenvalue weighted by Crippen LogP contribution is 2.31. The van der Waals surface area contributed by atoms with Crippen LogP contribution in [0.5, 0.6) is 0 Å². The van der Waals surface area contributed by atoms with Crippen molar-refractivity contribution in [3.63, 3.8) is 0 Å². The lowest BCUT2D eigenvalue weighted by molar-refractivity contribution is -0.856. The van der Waals surface area contributed by atoms with E-state index in [1.807, 2.05) is 51.4 Å². The summed E-state index contributed by atoms with van der Waals surface area (Å²) in [5.41, 5.74) is 1.80. The molecule has 0 aliphatic carbocycles. The number of carbonyl (C=O) groups excluding carboxylic acids is 1. The number of aromatic nitrogens is 1. The van der Waals surface area contributed by atoms with E-state index < -0.39 is 5.63 Å². The van der Waals surface area contributed by atoms with Crippen LogP contribution in [0.4, 0.5) is 5.13 Å². The fourth-order valence-electron chi connectivity index (χ4n) is 3.17. The Labute approximate surface area is 172 Å². The summed E-state index contributed by atoms with van der Waals surface area (Å²) in [5.74, 6) is -0.387. The molecule has 1 N–H and O–H groups in total. The third kappa shape index (κ3) is 3.79. The van der Waals surface area contributed by atoms with Gasteiger partial charge in [0.15, 0.2) is 5.13 Å². The maximum atomic E-state index is 13.4. The minimum absolute atomic E-state index is 0.0217. The third-order valence-corrected chi connectivity index (χ3v) is 5.84. The molecule has 7 heteroatoms. The van der Waals surface area contributed by atoms with Crippen molar-refractivity contribution in [1.29, 1.82) is 0 Å². The average molecular weight is 409 g/mol. The van der Waals surface area contributed by atoms with Gasteiger partial charge in [0.25, 0.3) is 5.91 Å². The number of carbonyl (C=O) groups is 1. The Kier molecular flexibility index (Phi) is 5.17. The summed E-state index contributed by atoms with van der Waals surface area (Å²) in [6.07, 6.45) is 0. The third-order valence-electron chi connectivity index (χ3n) is 4.79. The van der Waals surface area contributed by atoms with Gasteiger partial charge < -0.3 is 9.32 Å². The van der Waals surface area contributed by atoms with E-state index in [0.717, 1.165) is 22.3 Å². The zero-order valence-electron chi connectivity index (χ0n) is 16.6. The molecule has 0 aliphatic rings. The van der Waals surface area contributed by atoms with Gasteiger partial charge in [-0.05, 0) is 30.7 Å². The number of para-hydroxylation sites is 2. The highest BCUT2D eigenvalue weighted by atomic mass is 32.1. The molecule has 1 amide bonds. The van der Waals surface area contributed by atoms with E-state index in [4.69, 9.17) is 9.40 Å². The van der Waals surface area contributed by atoms with Crippen LogP contribution < -0.4 is 15.4 Å². The predicted molar refractivity (Wildman–Crippen MR) is 116 cm³/mol. The second kappa shape index (κ2) is 7.77. The zero-order valence-corrected chi connectivity index (χ0v) is 17.4. The Balaban J connectivity index is 1.80. The molecule has 0 radical (unpaired) electrons. The van der Waals surface area contributed by atoms with Crippen molar-refractivity contribution in [3.05, 3.63) is 70.1 Å². The summed E-state index contributed by atoms with van der Waals surface area (Å²) in [7, 11) is 4.05. The van der Waals surface area contributed by atoms with Gasteiger partial charge in [0.05, 0.1) is 37.4 Å². The largest absolute Gasteiger partial charge is 0.422 e. The van der Waals surface area contributed by atoms with Crippen LogP contribution in [0.3, 0.4) is 0 Å². The lowest BCUT2D eigenvalue weighted by Crippen LogP contribution is -3.06. The normalized spacial score (nSPS) is 11.4. The number of thiazole rings is 1. The van der Waals surface area contributed by atoms with Crippen molar-refractivity contribution >= 4 is 43.6 Å². The van der Waals surface area contributed by atoms with Crippen molar-refractivity contribution in [1.82, 2.24) is 4.98 Å². The number of nitrogens with zero attached hydrogens (tertiary/aromatic N) is 2. The Morgan fingerprint density at radius 2 is 1.97 bits per heavy atom. The molecule has 0 spiro atoms. The standard InChI is InChI=1S/C22H21N3O3S/c1-14-7-6-10-18-19(14)23-22(29-18)25(12-11-24(2)3)20(26)16-13-15-8-4-5-9-17(15)28-21(16)27/h4-10,13H,11-12H2,1-3H3/p+1. The second-order valence-corrected chi connectivity index (χ2v) is 8.33. The molecule has 2 heterocycles. The maximum Gasteiger partial charge on any atom is 0.349 e. The van der Waals surface area contributed by atoms with Crippen LogP contribution in [0.25, 0.3) is 21.2 Å². The number of nitrogens with one attached hydrogen (secondary N) is 1. The summed E-state index contributed by atoms with van der Waals surface area (Å²) in [6, 6.07) is 14.8. The van der Waals surface area contributed by atoms with Gasteiger partial charge in [-0.3, -0.25) is 9.69 Å². The van der Waals surface area contributed by atoms with Crippen LogP contribution in [0.2, 0.25) is 0 Å². The maximum absolute atomic E-state index is 13.4. The van der Waals surface area contributed by atoms with Gasteiger partial charge >= 0.3 is 5.63 Å². The number of amides is 1. The van der Waals surface area contributed by atoms with Crippen molar-refractivity contribution in [3.8, 4) is 0 Å². The molecule has 0 saturated heterocycles. The van der Waals surface area contributed by atoms with Crippen molar-refractivity contribution in [2.45, 2.75) is 6.92 Å². The highest BCUT2D eigenvalue weighted by molar-refractivity contribution is 7.22. The summed E-state index contributed by atoms with van der Waals surface area (Å²) in [4.78, 5) is 33.5. The number of fused-ring (bicyclic) bond motifs is 2. The molecule has 148 valence electrons. The molecule has 0 atom stereocenters. The van der Waals surface area contributed by atoms with E-state index in [2.05, 4.69) is 0 Å². The monoisotopic (exact) mass is 408 g/mol. The minimum atomic E-state index is -0.631. The SMILES string of the molecule is Cc1cccc2sc(N(CC[NH+](C)C)C(=O)c3cc4ccccc4oc3=O)nc12. The lowest BCUT2D eigenvalue weighted by Gasteiger charge is -2.20. The van der Waals surface area contributed by atoms with E-state index in [1.54, 1.807) is 23.1 Å². The number of hydrogen-bond acceptors (Lipinski definition) is 5. The lowest BCUT2D eigenvalue weighted by atomic mass is 10.1. The Morgan fingerprint density at radius 3 is 2.72 bits per heavy atom. The van der Waals surface area contributed by atoms with Crippen LogP contribution in [0.1, 0.15) is 15.9 Å². The van der Waals surface area contributed by atoms with Gasteiger partial charge in [-0.2, -0.15) is 0 Å². The molecule has 29 heavy (non-hydrogen) atoms. The van der Waals surface area contributed by atoms with E-state index >= 15 is 0 Å². The molecule has 6 nitrogen and oxygen atoms in total. The number of benzene rings is 2. The predicted octanol–water partition coefficient (Wildman–Crippen LogP) is 2.50. The second-order valence-electron chi connectivity index (χ2n) is 7.32. The topological polar surface area (TPSA) is 67.8 Å². The molecule has 0 aliphatic heterocycles. The Hall–Kier alpha value is -3.03. The van der Waals surface area contributed by atoms with Gasteiger partial charge in [-0.1, -0.05) is 41.7 Å².